The Balaban J connectivity index is 1.38. The molecule has 160 valence electrons. The monoisotopic (exact) mass is 422 g/mol. The van der Waals surface area contributed by atoms with Crippen LogP contribution < -0.4 is 5.32 Å². The van der Waals surface area contributed by atoms with Crippen LogP contribution in [0.4, 0.5) is 23.2 Å². The van der Waals surface area contributed by atoms with Crippen LogP contribution in [-0.4, -0.2) is 35.7 Å². The van der Waals surface area contributed by atoms with Crippen molar-refractivity contribution in [2.45, 2.75) is 24.9 Å². The van der Waals surface area contributed by atoms with Crippen molar-refractivity contribution in [3.05, 3.63) is 65.0 Å². The van der Waals surface area contributed by atoms with E-state index in [4.69, 9.17) is 0 Å². The van der Waals surface area contributed by atoms with Crippen molar-refractivity contribution in [1.82, 2.24) is 4.90 Å². The Hall–Kier alpha value is -2.61. The average molecular weight is 422 g/mol. The highest BCUT2D eigenvalue weighted by atomic mass is 19.4. The summed E-state index contributed by atoms with van der Waals surface area (Å²) < 4.78 is 53.4. The third kappa shape index (κ3) is 4.14. The molecule has 2 aromatic carbocycles. The number of nitrogens with zero attached hydrogens (tertiary/aromatic N) is 1. The molecule has 4 rings (SSSR count). The number of fused-ring (bicyclic) bond motifs is 1. The molecule has 30 heavy (non-hydrogen) atoms. The SMILES string of the molecule is O=C(O)c1cc(F)ccc1NCN1C[C@H]2C[C@@H](c3ccccc3C(F)(F)F)C[C@H]2C1. The zero-order valence-corrected chi connectivity index (χ0v) is 16.1. The van der Waals surface area contributed by atoms with Gasteiger partial charge in [-0.3, -0.25) is 4.90 Å². The summed E-state index contributed by atoms with van der Waals surface area (Å²) in [5.41, 5.74) is 0.0728. The second-order valence-electron chi connectivity index (χ2n) is 8.14. The van der Waals surface area contributed by atoms with Gasteiger partial charge in [0.1, 0.15) is 5.82 Å². The molecular weight excluding hydrogens is 400 g/mol. The first kappa shape index (κ1) is 20.7. The quantitative estimate of drug-likeness (QED) is 0.663. The van der Waals surface area contributed by atoms with Gasteiger partial charge in [0.05, 0.1) is 17.8 Å². The van der Waals surface area contributed by atoms with Gasteiger partial charge in [0, 0.05) is 18.8 Å². The fourth-order valence-electron chi connectivity index (χ4n) is 4.94. The smallest absolute Gasteiger partial charge is 0.416 e. The number of aromatic carboxylic acids is 1. The number of alkyl halides is 3. The van der Waals surface area contributed by atoms with E-state index in [1.54, 1.807) is 12.1 Å². The van der Waals surface area contributed by atoms with Crippen LogP contribution in [0.2, 0.25) is 0 Å². The Kier molecular flexibility index (Phi) is 5.44. The molecule has 1 saturated heterocycles. The van der Waals surface area contributed by atoms with E-state index in [1.165, 1.54) is 18.2 Å². The Morgan fingerprint density at radius 1 is 1.10 bits per heavy atom. The van der Waals surface area contributed by atoms with E-state index in [0.29, 0.717) is 42.6 Å². The van der Waals surface area contributed by atoms with Crippen molar-refractivity contribution in [2.24, 2.45) is 11.8 Å². The Morgan fingerprint density at radius 3 is 2.40 bits per heavy atom. The van der Waals surface area contributed by atoms with Crippen LogP contribution in [0.5, 0.6) is 0 Å². The normalized spacial score (nSPS) is 24.1. The fourth-order valence-corrected chi connectivity index (χ4v) is 4.94. The van der Waals surface area contributed by atoms with Crippen molar-refractivity contribution >= 4 is 11.7 Å². The molecule has 0 spiro atoms. The van der Waals surface area contributed by atoms with Gasteiger partial charge in [-0.1, -0.05) is 18.2 Å². The lowest BCUT2D eigenvalue weighted by Crippen LogP contribution is -2.29. The van der Waals surface area contributed by atoms with Crippen LogP contribution in [0.25, 0.3) is 0 Å². The number of hydrogen-bond acceptors (Lipinski definition) is 3. The number of carboxylic acids is 1. The van der Waals surface area contributed by atoms with Gasteiger partial charge in [0.25, 0.3) is 0 Å². The van der Waals surface area contributed by atoms with Gasteiger partial charge in [0.2, 0.25) is 0 Å². The number of anilines is 1. The largest absolute Gasteiger partial charge is 0.478 e. The van der Waals surface area contributed by atoms with Crippen molar-refractivity contribution in [1.29, 1.82) is 0 Å². The van der Waals surface area contributed by atoms with E-state index in [1.807, 2.05) is 0 Å². The number of likely N-dealkylation sites (tertiary alicyclic amines) is 1. The molecule has 8 heteroatoms. The molecule has 2 fully saturated rings. The lowest BCUT2D eigenvalue weighted by Gasteiger charge is -2.22. The Bertz CT molecular complexity index is 933. The molecule has 1 heterocycles. The molecule has 3 atom stereocenters. The first-order valence-corrected chi connectivity index (χ1v) is 9.87. The van der Waals surface area contributed by atoms with Gasteiger partial charge >= 0.3 is 12.1 Å². The molecule has 0 amide bonds. The molecule has 2 N–H and O–H groups in total. The molecule has 0 bridgehead atoms. The minimum Gasteiger partial charge on any atom is -0.478 e. The highest BCUT2D eigenvalue weighted by Gasteiger charge is 2.43. The van der Waals surface area contributed by atoms with Crippen LogP contribution in [0, 0.1) is 17.7 Å². The van der Waals surface area contributed by atoms with E-state index in [2.05, 4.69) is 10.2 Å². The molecule has 0 aromatic heterocycles. The number of carboxylic acid groups (broad SMARTS) is 1. The van der Waals surface area contributed by atoms with Crippen molar-refractivity contribution in [2.75, 3.05) is 25.1 Å². The first-order chi connectivity index (χ1) is 14.2. The van der Waals surface area contributed by atoms with Gasteiger partial charge < -0.3 is 10.4 Å². The van der Waals surface area contributed by atoms with Gasteiger partial charge in [-0.25, -0.2) is 9.18 Å². The number of benzene rings is 2. The summed E-state index contributed by atoms with van der Waals surface area (Å²) in [7, 11) is 0. The maximum absolute atomic E-state index is 13.3. The average Bonchev–Trinajstić information content (AvgIpc) is 3.25. The number of carbonyl (C=O) groups is 1. The maximum atomic E-state index is 13.3. The third-order valence-corrected chi connectivity index (χ3v) is 6.24. The third-order valence-electron chi connectivity index (χ3n) is 6.24. The lowest BCUT2D eigenvalue weighted by atomic mass is 9.91. The number of halogens is 4. The minimum atomic E-state index is -4.35. The second kappa shape index (κ2) is 7.91. The topological polar surface area (TPSA) is 52.6 Å². The number of rotatable bonds is 5. The molecule has 4 nitrogen and oxygen atoms in total. The van der Waals surface area contributed by atoms with Crippen LogP contribution in [-0.2, 0) is 6.18 Å². The molecule has 0 unspecified atom stereocenters. The lowest BCUT2D eigenvalue weighted by molar-refractivity contribution is -0.138. The molecule has 1 aliphatic heterocycles. The van der Waals surface area contributed by atoms with Gasteiger partial charge in [0.15, 0.2) is 0 Å². The van der Waals surface area contributed by atoms with Crippen molar-refractivity contribution < 1.29 is 27.5 Å². The zero-order valence-electron chi connectivity index (χ0n) is 16.1. The summed E-state index contributed by atoms with van der Waals surface area (Å²) in [4.78, 5) is 13.4. The highest BCUT2D eigenvalue weighted by molar-refractivity contribution is 5.94. The molecule has 1 aliphatic carbocycles. The second-order valence-corrected chi connectivity index (χ2v) is 8.14. The Morgan fingerprint density at radius 2 is 1.77 bits per heavy atom. The maximum Gasteiger partial charge on any atom is 0.416 e. The summed E-state index contributed by atoms with van der Waals surface area (Å²) in [6.07, 6.45) is -2.92. The molecule has 1 saturated carbocycles. The van der Waals surface area contributed by atoms with Crippen LogP contribution in [0.1, 0.15) is 40.2 Å². The van der Waals surface area contributed by atoms with Crippen LogP contribution in [0.15, 0.2) is 42.5 Å². The summed E-state index contributed by atoms with van der Waals surface area (Å²) in [6.45, 7) is 1.89. The standard InChI is InChI=1S/C22H22F4N2O2/c23-16-5-6-20(18(9-16)21(29)30)27-12-28-10-14-7-13(8-15(14)11-28)17-3-1-2-4-19(17)22(24,25)26/h1-6,9,13-15,27H,7-8,10-12H2,(H,29,30)/t13-,14-,15+. The molecular formula is C22H22F4N2O2. The summed E-state index contributed by atoms with van der Waals surface area (Å²) in [5, 5.41) is 12.3. The first-order valence-electron chi connectivity index (χ1n) is 9.87. The summed E-state index contributed by atoms with van der Waals surface area (Å²) in [5.74, 6) is -1.29. The molecule has 2 aromatic rings. The van der Waals surface area contributed by atoms with Gasteiger partial charge in [-0.2, -0.15) is 13.2 Å². The predicted molar refractivity (Wildman–Crippen MR) is 104 cm³/mol. The van der Waals surface area contributed by atoms with E-state index < -0.39 is 23.5 Å². The Labute approximate surface area is 171 Å². The van der Waals surface area contributed by atoms with Crippen molar-refractivity contribution in [3.8, 4) is 0 Å². The summed E-state index contributed by atoms with van der Waals surface area (Å²) in [6, 6.07) is 9.42. The molecule has 2 aliphatic rings. The van der Waals surface area contributed by atoms with Crippen LogP contribution in [0.3, 0.4) is 0 Å². The van der Waals surface area contributed by atoms with E-state index in [-0.39, 0.29) is 11.5 Å². The van der Waals surface area contributed by atoms with Gasteiger partial charge in [-0.05, 0) is 60.4 Å². The van der Waals surface area contributed by atoms with E-state index in [9.17, 15) is 27.5 Å². The van der Waals surface area contributed by atoms with E-state index in [0.717, 1.165) is 25.2 Å². The zero-order chi connectivity index (χ0) is 21.5. The van der Waals surface area contributed by atoms with Crippen LogP contribution >= 0.6 is 0 Å². The summed E-state index contributed by atoms with van der Waals surface area (Å²) >= 11 is 0. The predicted octanol–water partition coefficient (Wildman–Crippen LogP) is 5.04. The van der Waals surface area contributed by atoms with Crippen molar-refractivity contribution in [3.63, 3.8) is 0 Å². The van der Waals surface area contributed by atoms with E-state index >= 15 is 0 Å². The molecule has 0 radical (unpaired) electrons. The van der Waals surface area contributed by atoms with Gasteiger partial charge in [-0.15, -0.1) is 0 Å². The number of nitrogens with one attached hydrogen (secondary N) is 1. The minimum absolute atomic E-state index is 0.0938. The highest BCUT2D eigenvalue weighted by Crippen LogP contribution is 2.48. The fraction of sp³-hybridized carbons (Fsp3) is 0.409. The number of hydrogen-bond donors (Lipinski definition) is 2.